The molecule has 2 heteroatoms. The first-order valence-electron chi connectivity index (χ1n) is 3.60. The van der Waals surface area contributed by atoms with Gasteiger partial charge in [0.05, 0.1) is 6.10 Å². The summed E-state index contributed by atoms with van der Waals surface area (Å²) in [5.41, 5.74) is 0. The zero-order valence-corrected chi connectivity index (χ0v) is 6.17. The molecule has 0 spiro atoms. The highest BCUT2D eigenvalue weighted by Gasteiger charge is 2.26. The maximum absolute atomic E-state index is 9.32. The van der Waals surface area contributed by atoms with Gasteiger partial charge in [-0.15, -0.1) is 0 Å². The van der Waals surface area contributed by atoms with E-state index in [1.807, 2.05) is 0 Å². The summed E-state index contributed by atoms with van der Waals surface area (Å²) in [5, 5.41) is 9.32. The van der Waals surface area contributed by atoms with E-state index in [-0.39, 0.29) is 6.10 Å². The number of rotatable bonds is 1. The number of likely N-dealkylation sites (tertiary alicyclic amines) is 1. The van der Waals surface area contributed by atoms with E-state index in [1.54, 1.807) is 0 Å². The largest absolute Gasteiger partial charge is 0.391 e. The van der Waals surface area contributed by atoms with Crippen LogP contribution in [0.3, 0.4) is 0 Å². The predicted octanol–water partition coefficient (Wildman–Crippen LogP) is 0.319. The highest BCUT2D eigenvalue weighted by atomic mass is 16.3. The molecule has 0 bridgehead atoms. The second-order valence-corrected chi connectivity index (χ2v) is 2.96. The van der Waals surface area contributed by atoms with Crippen LogP contribution in [-0.4, -0.2) is 36.2 Å². The van der Waals surface area contributed by atoms with Gasteiger partial charge in [0.1, 0.15) is 0 Å². The highest BCUT2D eigenvalue weighted by Crippen LogP contribution is 2.17. The van der Waals surface area contributed by atoms with E-state index in [0.717, 1.165) is 19.5 Å². The van der Waals surface area contributed by atoms with E-state index in [1.165, 1.54) is 0 Å². The number of hydrogen-bond donors (Lipinski definition) is 1. The summed E-state index contributed by atoms with van der Waals surface area (Å²) in [6, 6.07) is 0. The van der Waals surface area contributed by atoms with E-state index >= 15 is 0 Å². The standard InChI is InChI=1S/C7H15NO/c1-3-6-4-8(2)5-7(6)9/h6-7,9H,3-5H2,1-2H3/t6-,7+/m0/s1. The summed E-state index contributed by atoms with van der Waals surface area (Å²) in [6.07, 6.45) is 1.03. The van der Waals surface area contributed by atoms with Crippen molar-refractivity contribution < 1.29 is 5.11 Å². The normalized spacial score (nSPS) is 37.7. The van der Waals surface area contributed by atoms with Gasteiger partial charge in [-0.05, 0) is 19.4 Å². The van der Waals surface area contributed by atoms with Gasteiger partial charge in [-0.1, -0.05) is 6.92 Å². The first-order chi connectivity index (χ1) is 4.24. The Bertz CT molecular complexity index is 94.9. The van der Waals surface area contributed by atoms with Gasteiger partial charge in [-0.25, -0.2) is 0 Å². The smallest absolute Gasteiger partial charge is 0.0707 e. The fourth-order valence-corrected chi connectivity index (χ4v) is 1.47. The molecule has 1 aliphatic rings. The summed E-state index contributed by atoms with van der Waals surface area (Å²) in [5.74, 6) is 0.523. The zero-order chi connectivity index (χ0) is 6.85. The van der Waals surface area contributed by atoms with Crippen LogP contribution >= 0.6 is 0 Å². The third-order valence-corrected chi connectivity index (χ3v) is 2.11. The minimum Gasteiger partial charge on any atom is -0.391 e. The first-order valence-corrected chi connectivity index (χ1v) is 3.60. The molecule has 2 nitrogen and oxygen atoms in total. The fourth-order valence-electron chi connectivity index (χ4n) is 1.47. The Morgan fingerprint density at radius 1 is 1.56 bits per heavy atom. The predicted molar refractivity (Wildman–Crippen MR) is 37.3 cm³/mol. The van der Waals surface area contributed by atoms with Gasteiger partial charge in [-0.3, -0.25) is 0 Å². The molecule has 0 aromatic heterocycles. The Morgan fingerprint density at radius 2 is 2.22 bits per heavy atom. The second kappa shape index (κ2) is 2.67. The third-order valence-electron chi connectivity index (χ3n) is 2.11. The van der Waals surface area contributed by atoms with Gasteiger partial charge < -0.3 is 10.0 Å². The van der Waals surface area contributed by atoms with Crippen LogP contribution in [-0.2, 0) is 0 Å². The highest BCUT2D eigenvalue weighted by molar-refractivity contribution is 4.80. The van der Waals surface area contributed by atoms with Crippen LogP contribution in [0.4, 0.5) is 0 Å². The van der Waals surface area contributed by atoms with Crippen molar-refractivity contribution in [3.8, 4) is 0 Å². The van der Waals surface area contributed by atoms with Gasteiger partial charge in [0.2, 0.25) is 0 Å². The number of nitrogens with zero attached hydrogens (tertiary/aromatic N) is 1. The van der Waals surface area contributed by atoms with E-state index in [0.29, 0.717) is 5.92 Å². The molecule has 0 aromatic rings. The molecule has 0 unspecified atom stereocenters. The molecule has 1 heterocycles. The van der Waals surface area contributed by atoms with Crippen LogP contribution in [0.25, 0.3) is 0 Å². The molecule has 0 aliphatic carbocycles. The van der Waals surface area contributed by atoms with Crippen molar-refractivity contribution in [2.75, 3.05) is 20.1 Å². The molecule has 0 radical (unpaired) electrons. The van der Waals surface area contributed by atoms with Crippen LogP contribution in [0.5, 0.6) is 0 Å². The number of hydrogen-bond acceptors (Lipinski definition) is 2. The first kappa shape index (κ1) is 7.03. The maximum Gasteiger partial charge on any atom is 0.0707 e. The van der Waals surface area contributed by atoms with Crippen LogP contribution < -0.4 is 0 Å². The molecule has 0 amide bonds. The van der Waals surface area contributed by atoms with Crippen molar-refractivity contribution in [1.29, 1.82) is 0 Å². The van der Waals surface area contributed by atoms with E-state index in [4.69, 9.17) is 0 Å². The average Bonchev–Trinajstić information content (AvgIpc) is 2.10. The van der Waals surface area contributed by atoms with Gasteiger partial charge in [0.15, 0.2) is 0 Å². The quantitative estimate of drug-likeness (QED) is 0.551. The number of aliphatic hydroxyl groups excluding tert-OH is 1. The molecule has 2 atom stereocenters. The van der Waals surface area contributed by atoms with E-state index in [9.17, 15) is 5.11 Å². The maximum atomic E-state index is 9.32. The molecule has 1 saturated heterocycles. The van der Waals surface area contributed by atoms with E-state index in [2.05, 4.69) is 18.9 Å². The lowest BCUT2D eigenvalue weighted by atomic mass is 10.0. The van der Waals surface area contributed by atoms with Crippen molar-refractivity contribution >= 4 is 0 Å². The Labute approximate surface area is 56.5 Å². The summed E-state index contributed by atoms with van der Waals surface area (Å²) < 4.78 is 0. The van der Waals surface area contributed by atoms with Crippen molar-refractivity contribution in [1.82, 2.24) is 4.90 Å². The Hall–Kier alpha value is -0.0800. The molecule has 1 rings (SSSR count). The number of likely N-dealkylation sites (N-methyl/N-ethyl adjacent to an activating group) is 1. The van der Waals surface area contributed by atoms with Gasteiger partial charge in [0, 0.05) is 13.1 Å². The SMILES string of the molecule is CC[C@H]1CN(C)C[C@H]1O. The summed E-state index contributed by atoms with van der Waals surface area (Å²) in [6.45, 7) is 4.06. The van der Waals surface area contributed by atoms with Crippen molar-refractivity contribution in [2.45, 2.75) is 19.4 Å². The Morgan fingerprint density at radius 3 is 2.44 bits per heavy atom. The third kappa shape index (κ3) is 1.43. The van der Waals surface area contributed by atoms with Crippen LogP contribution in [0.1, 0.15) is 13.3 Å². The van der Waals surface area contributed by atoms with E-state index < -0.39 is 0 Å². The molecule has 1 fully saturated rings. The second-order valence-electron chi connectivity index (χ2n) is 2.96. The average molecular weight is 129 g/mol. The molecule has 54 valence electrons. The Balaban J connectivity index is 2.38. The van der Waals surface area contributed by atoms with Crippen LogP contribution in [0, 0.1) is 5.92 Å². The molecular formula is C7H15NO. The topological polar surface area (TPSA) is 23.5 Å². The summed E-state index contributed by atoms with van der Waals surface area (Å²) in [4.78, 5) is 2.18. The molecule has 1 aliphatic heterocycles. The molecule has 1 N–H and O–H groups in total. The van der Waals surface area contributed by atoms with Gasteiger partial charge >= 0.3 is 0 Å². The lowest BCUT2D eigenvalue weighted by Gasteiger charge is -2.08. The Kier molecular flexibility index (Phi) is 2.09. The number of aliphatic hydroxyl groups is 1. The minimum atomic E-state index is -0.0694. The number of β-amino-alcohol motifs (C(OH)–C–C–N with tert-alkyl or cyclic N) is 1. The van der Waals surface area contributed by atoms with Crippen molar-refractivity contribution in [2.24, 2.45) is 5.92 Å². The van der Waals surface area contributed by atoms with Crippen LogP contribution in [0.15, 0.2) is 0 Å². The van der Waals surface area contributed by atoms with Crippen molar-refractivity contribution in [3.05, 3.63) is 0 Å². The van der Waals surface area contributed by atoms with Crippen LogP contribution in [0.2, 0.25) is 0 Å². The summed E-state index contributed by atoms with van der Waals surface area (Å²) >= 11 is 0. The summed E-state index contributed by atoms with van der Waals surface area (Å²) in [7, 11) is 2.05. The monoisotopic (exact) mass is 129 g/mol. The van der Waals surface area contributed by atoms with Gasteiger partial charge in [0.25, 0.3) is 0 Å². The molecule has 0 saturated carbocycles. The van der Waals surface area contributed by atoms with Gasteiger partial charge in [-0.2, -0.15) is 0 Å². The molecular weight excluding hydrogens is 114 g/mol. The fraction of sp³-hybridized carbons (Fsp3) is 1.00. The lowest BCUT2D eigenvalue weighted by molar-refractivity contribution is 0.141. The zero-order valence-electron chi connectivity index (χ0n) is 6.17. The minimum absolute atomic E-state index is 0.0694. The molecule has 0 aromatic carbocycles. The lowest BCUT2D eigenvalue weighted by Crippen LogP contribution is -2.17. The van der Waals surface area contributed by atoms with Crippen molar-refractivity contribution in [3.63, 3.8) is 0 Å². The molecule has 9 heavy (non-hydrogen) atoms.